The quantitative estimate of drug-likeness (QED) is 0.403. The van der Waals surface area contributed by atoms with Crippen LogP contribution in [0.3, 0.4) is 0 Å². The molecule has 14 heavy (non-hydrogen) atoms. The number of hydrogen-bond donors (Lipinski definition) is 0. The molecule has 0 aromatic heterocycles. The van der Waals surface area contributed by atoms with Gasteiger partial charge in [0.25, 0.3) is 0 Å². The first-order valence-electron chi connectivity index (χ1n) is 2.72. The minimum absolute atomic E-state index is 0. The van der Waals surface area contributed by atoms with Crippen LogP contribution in [0.15, 0.2) is 0 Å². The van der Waals surface area contributed by atoms with Gasteiger partial charge in [0.15, 0.2) is 0 Å². The predicted molar refractivity (Wildman–Crippen MR) is 32.0 cm³/mol. The van der Waals surface area contributed by atoms with E-state index >= 15 is 0 Å². The van der Waals surface area contributed by atoms with E-state index in [-0.39, 0.29) is 58.8 Å². The van der Waals surface area contributed by atoms with Crippen molar-refractivity contribution in [1.82, 2.24) is 0 Å². The van der Waals surface area contributed by atoms with E-state index in [1.807, 2.05) is 0 Å². The summed E-state index contributed by atoms with van der Waals surface area (Å²) in [7, 11) is 0. The second-order valence-corrected chi connectivity index (χ2v) is 1.47. The van der Waals surface area contributed by atoms with E-state index in [4.69, 9.17) is 29.7 Å². The zero-order valence-electron chi connectivity index (χ0n) is 7.83. The predicted octanol–water partition coefficient (Wildman–Crippen LogP) is -3.73. The molecule has 0 saturated carbocycles. The molecule has 0 bridgehead atoms. The van der Waals surface area contributed by atoms with E-state index in [0.717, 1.165) is 20.8 Å². The number of carboxylic acid groups (broad SMARTS) is 3. The van der Waals surface area contributed by atoms with Gasteiger partial charge in [0.1, 0.15) is 0 Å². The van der Waals surface area contributed by atoms with Gasteiger partial charge < -0.3 is 29.7 Å². The largest absolute Gasteiger partial charge is 3.00 e. The van der Waals surface area contributed by atoms with Gasteiger partial charge in [-0.1, -0.05) is 0 Å². The van der Waals surface area contributed by atoms with Crippen LogP contribution in [-0.4, -0.2) is 17.9 Å². The summed E-state index contributed by atoms with van der Waals surface area (Å²) in [5.41, 5.74) is 0. The van der Waals surface area contributed by atoms with Gasteiger partial charge in [0.05, 0.1) is 0 Å². The van der Waals surface area contributed by atoms with Crippen LogP contribution < -0.4 is 15.3 Å². The Labute approximate surface area is 126 Å². The van der Waals surface area contributed by atoms with Crippen molar-refractivity contribution in [2.24, 2.45) is 0 Å². The van der Waals surface area contributed by atoms with Crippen molar-refractivity contribution in [2.75, 3.05) is 0 Å². The average Bonchev–Trinajstić information content (AvgIpc) is 1.54. The van der Waals surface area contributed by atoms with Crippen molar-refractivity contribution < 1.29 is 88.5 Å². The molecule has 0 aliphatic rings. The van der Waals surface area contributed by atoms with E-state index in [2.05, 4.69) is 0 Å². The van der Waals surface area contributed by atoms with Gasteiger partial charge in [-0.3, -0.25) is 0 Å². The molecule has 0 fully saturated rings. The van der Waals surface area contributed by atoms with Crippen molar-refractivity contribution in [3.8, 4) is 0 Å². The van der Waals surface area contributed by atoms with Crippen LogP contribution in [0.25, 0.3) is 0 Å². The molecule has 0 atom stereocenters. The summed E-state index contributed by atoms with van der Waals surface area (Å²) in [4.78, 5) is 26.7. The van der Waals surface area contributed by atoms with Gasteiger partial charge in [-0.05, 0) is 20.8 Å². The Morgan fingerprint density at radius 2 is 0.714 bits per heavy atom. The Morgan fingerprint density at radius 1 is 0.714 bits per heavy atom. The van der Waals surface area contributed by atoms with Crippen LogP contribution in [0, 0.1) is 41.7 Å². The molecule has 8 heteroatoms. The SMILES string of the molecule is CC(=O)[O-].CC(=O)[O-].CC(=O)[O-].[Ce+3].[Mn+2]. The molecule has 0 heterocycles. The smallest absolute Gasteiger partial charge is 0.550 e. The summed E-state index contributed by atoms with van der Waals surface area (Å²) in [5, 5.41) is 26.7. The molecule has 0 rings (SSSR count). The van der Waals surface area contributed by atoms with Crippen LogP contribution in [0.2, 0.25) is 0 Å². The van der Waals surface area contributed by atoms with E-state index in [1.54, 1.807) is 0 Å². The maximum atomic E-state index is 8.89. The second-order valence-electron chi connectivity index (χ2n) is 1.47. The molecule has 0 aromatic carbocycles. The molecule has 0 unspecified atom stereocenters. The molecule has 0 aliphatic carbocycles. The third kappa shape index (κ3) is 16800. The molecule has 2 radical (unpaired) electrons. The number of hydrogen-bond acceptors (Lipinski definition) is 6. The summed E-state index contributed by atoms with van der Waals surface area (Å²) in [6.07, 6.45) is 0. The normalized spacial score (nSPS) is 5.36. The Bertz CT molecular complexity index is 120. The second kappa shape index (κ2) is 23.3. The van der Waals surface area contributed by atoms with Crippen LogP contribution in [0.4, 0.5) is 0 Å². The third-order valence-corrected chi connectivity index (χ3v) is 0. The van der Waals surface area contributed by atoms with Gasteiger partial charge >= 0.3 is 58.8 Å². The molecular weight excluding hydrogens is 363 g/mol. The number of aliphatic carboxylic acids is 3. The van der Waals surface area contributed by atoms with E-state index < -0.39 is 17.9 Å². The number of carboxylic acids is 3. The zero-order valence-corrected chi connectivity index (χ0v) is 12.1. The number of rotatable bonds is 0. The Morgan fingerprint density at radius 3 is 0.714 bits per heavy atom. The van der Waals surface area contributed by atoms with Crippen LogP contribution in [0.1, 0.15) is 20.8 Å². The molecule has 6 nitrogen and oxygen atoms in total. The van der Waals surface area contributed by atoms with Crippen LogP contribution in [-0.2, 0) is 31.5 Å². The molecular formula is C6H9CeMnO6+2. The summed E-state index contributed by atoms with van der Waals surface area (Å²) in [5.74, 6) is -3.25. The topological polar surface area (TPSA) is 120 Å². The van der Waals surface area contributed by atoms with Crippen molar-refractivity contribution in [1.29, 1.82) is 0 Å². The fourth-order valence-corrected chi connectivity index (χ4v) is 0. The summed E-state index contributed by atoms with van der Waals surface area (Å²) in [6.45, 7) is 2.92. The number of carbonyl (C=O) groups is 3. The molecule has 0 aliphatic heterocycles. The van der Waals surface area contributed by atoms with Crippen LogP contribution in [0.5, 0.6) is 0 Å². The standard InChI is InChI=1S/3C2H4O2.Ce.Mn/c3*1-2(3)4;;/h3*1H3,(H,3,4);;/q;;;+3;+2/p-3. The fraction of sp³-hybridized carbons (Fsp3) is 0.500. The third-order valence-electron chi connectivity index (χ3n) is 0. The molecule has 0 N–H and O–H groups in total. The first kappa shape index (κ1) is 29.2. The van der Waals surface area contributed by atoms with Crippen molar-refractivity contribution >= 4 is 17.9 Å². The van der Waals surface area contributed by atoms with Gasteiger partial charge in [-0.15, -0.1) is 0 Å². The summed E-state index contributed by atoms with van der Waals surface area (Å²) < 4.78 is 0. The first-order valence-corrected chi connectivity index (χ1v) is 2.72. The number of carbonyl (C=O) groups excluding carboxylic acids is 3. The summed E-state index contributed by atoms with van der Waals surface area (Å²) >= 11 is 0. The average molecular weight is 372 g/mol. The van der Waals surface area contributed by atoms with Crippen molar-refractivity contribution in [3.63, 3.8) is 0 Å². The molecule has 0 aromatic rings. The van der Waals surface area contributed by atoms with E-state index in [1.165, 1.54) is 0 Å². The monoisotopic (exact) mass is 372 g/mol. The van der Waals surface area contributed by atoms with Gasteiger partial charge in [-0.25, -0.2) is 0 Å². The Kier molecular flexibility index (Phi) is 48.6. The van der Waals surface area contributed by atoms with Crippen molar-refractivity contribution in [3.05, 3.63) is 0 Å². The maximum Gasteiger partial charge on any atom is 3.00 e. The minimum Gasteiger partial charge on any atom is -0.550 e. The molecule has 0 spiro atoms. The maximum absolute atomic E-state index is 8.89. The molecule has 78 valence electrons. The van der Waals surface area contributed by atoms with Gasteiger partial charge in [0.2, 0.25) is 0 Å². The minimum atomic E-state index is -1.08. The van der Waals surface area contributed by atoms with Gasteiger partial charge in [0, 0.05) is 17.9 Å². The Hall–Kier alpha value is 0.306. The van der Waals surface area contributed by atoms with E-state index in [9.17, 15) is 0 Å². The Balaban J connectivity index is -0.0000000270. The fourth-order valence-electron chi connectivity index (χ4n) is 0. The first-order chi connectivity index (χ1) is 5.20. The van der Waals surface area contributed by atoms with Crippen LogP contribution >= 0.6 is 0 Å². The zero-order chi connectivity index (χ0) is 10.7. The van der Waals surface area contributed by atoms with Crippen molar-refractivity contribution in [2.45, 2.75) is 20.8 Å². The summed E-state index contributed by atoms with van der Waals surface area (Å²) in [6, 6.07) is 0. The van der Waals surface area contributed by atoms with Gasteiger partial charge in [-0.2, -0.15) is 0 Å². The van der Waals surface area contributed by atoms with E-state index in [0.29, 0.717) is 0 Å². The molecule has 0 saturated heterocycles. The molecule has 0 amide bonds.